The lowest BCUT2D eigenvalue weighted by Crippen LogP contribution is -2.61. The molecule has 9 rings (SSSR count). The third-order valence-corrected chi connectivity index (χ3v) is 23.4. The SMILES string of the molecule is CCCC[C@H]1C(=O)N(C)CC(=O)N[C@@H](CC(=O)O)C(=O)N[C@@H](C(C)C)C(=O)N(C)[C@@H](Cc2ccccc2)C(=O)N[C@@H](Cc2ccc(O)cc2)C(=O)N(C)CC(=O)N[C@@H](Cc2c[nH]c3ccccc23)C(=O)N[C@@H](Cc2ccc(O)cc2)C(=O)N[C@@H](Cc2c[nH]cn2)C(=O)N[C@H](C(=O)NCC(N)=O)CSCC(=O)N[C@@H](Cc2ccccc2)C(=O)N(C)[C@@H](Cc2ccccc2)C(=O)N1C. The Morgan fingerprint density at radius 1 is 0.473 bits per heavy atom. The van der Waals surface area contributed by atoms with Crippen LogP contribution in [-0.4, -0.2) is 282 Å². The van der Waals surface area contributed by atoms with Crippen molar-refractivity contribution in [3.8, 4) is 11.5 Å². The van der Waals surface area contributed by atoms with E-state index < -0.39 is 205 Å². The van der Waals surface area contributed by atoms with Gasteiger partial charge in [-0.1, -0.05) is 167 Å². The van der Waals surface area contributed by atoms with Crippen molar-refractivity contribution in [3.63, 3.8) is 0 Å². The molecule has 0 spiro atoms. The van der Waals surface area contributed by atoms with Crippen LogP contribution in [0.5, 0.6) is 11.5 Å². The number of carbonyl (C=O) groups is 16. The fraction of sp³-hybridized carbons (Fsp3) is 0.387. The summed E-state index contributed by atoms with van der Waals surface area (Å²) in [6, 6.07) is 26.7. The van der Waals surface area contributed by atoms with Crippen LogP contribution in [0.15, 0.2) is 183 Å². The zero-order chi connectivity index (χ0) is 95.1. The Bertz CT molecular complexity index is 5300. The van der Waals surface area contributed by atoms with E-state index in [1.165, 1.54) is 96.3 Å². The Labute approximate surface area is 761 Å². The number of fused-ring (bicyclic) bond motifs is 1. The second kappa shape index (κ2) is 48.6. The minimum absolute atomic E-state index is 0.0231. The summed E-state index contributed by atoms with van der Waals surface area (Å²) in [5, 5.41) is 55.5. The number of hydrogen-bond acceptors (Lipinski definition) is 20. The van der Waals surface area contributed by atoms with Gasteiger partial charge in [-0.25, -0.2) is 4.98 Å². The minimum Gasteiger partial charge on any atom is -0.508 e. The molecule has 11 atom stereocenters. The number of nitrogens with two attached hydrogens (primary N) is 1. The van der Waals surface area contributed by atoms with Crippen LogP contribution < -0.4 is 53.6 Å². The average Bonchev–Trinajstić information content (AvgIpc) is 1.53. The zero-order valence-electron chi connectivity index (χ0n) is 74.1. The number of primary amides is 1. The number of carbonyl (C=O) groups excluding carboxylic acids is 15. The molecule has 131 heavy (non-hydrogen) atoms. The van der Waals surface area contributed by atoms with Crippen molar-refractivity contribution in [3.05, 3.63) is 222 Å². The second-order valence-electron chi connectivity index (χ2n) is 32.7. The molecular formula is C93H114N18O19S. The van der Waals surface area contributed by atoms with Crippen molar-refractivity contribution >= 4 is 117 Å². The lowest BCUT2D eigenvalue weighted by Gasteiger charge is -2.37. The van der Waals surface area contributed by atoms with Gasteiger partial charge in [0, 0.05) is 109 Å². The largest absolute Gasteiger partial charge is 0.508 e. The molecule has 6 aromatic carbocycles. The fourth-order valence-electron chi connectivity index (χ4n) is 15.1. The molecule has 1 fully saturated rings. The number of aromatic amines is 2. The highest BCUT2D eigenvalue weighted by Gasteiger charge is 2.42. The number of aromatic hydroxyl groups is 2. The average molecular weight is 1820 g/mol. The number of phenols is 2. The first kappa shape index (κ1) is 100. The number of nitrogens with zero attached hydrogens (tertiary/aromatic N) is 6. The molecule has 2 aromatic heterocycles. The van der Waals surface area contributed by atoms with Crippen LogP contribution >= 0.6 is 11.8 Å². The monoisotopic (exact) mass is 1820 g/mol. The van der Waals surface area contributed by atoms with Crippen molar-refractivity contribution in [1.82, 2.24) is 87.3 Å². The molecule has 3 heterocycles. The number of imidazole rings is 1. The quantitative estimate of drug-likeness (QED) is 0.0428. The van der Waals surface area contributed by atoms with Gasteiger partial charge in [-0.15, -0.1) is 11.8 Å². The first-order valence-corrected chi connectivity index (χ1v) is 44.0. The summed E-state index contributed by atoms with van der Waals surface area (Å²) in [5.74, 6) is -17.5. The highest BCUT2D eigenvalue weighted by molar-refractivity contribution is 8.00. The summed E-state index contributed by atoms with van der Waals surface area (Å²) in [5.41, 5.74) is 9.24. The van der Waals surface area contributed by atoms with E-state index in [4.69, 9.17) is 5.73 Å². The van der Waals surface area contributed by atoms with Crippen molar-refractivity contribution < 1.29 is 92.0 Å². The number of nitrogens with one attached hydrogen (secondary N) is 11. The maximum Gasteiger partial charge on any atom is 0.305 e. The van der Waals surface area contributed by atoms with E-state index in [0.29, 0.717) is 57.1 Å². The van der Waals surface area contributed by atoms with E-state index in [-0.39, 0.29) is 68.6 Å². The van der Waals surface area contributed by atoms with Crippen molar-refractivity contribution in [2.45, 2.75) is 158 Å². The molecule has 16 N–H and O–H groups in total. The molecule has 0 radical (unpaired) electrons. The summed E-state index contributed by atoms with van der Waals surface area (Å²) in [6.45, 7) is 2.62. The molecule has 38 heteroatoms. The molecular weight excluding hydrogens is 1710 g/mol. The molecule has 0 unspecified atom stereocenters. The number of aromatic nitrogens is 3. The Morgan fingerprint density at radius 3 is 1.47 bits per heavy atom. The number of benzene rings is 6. The summed E-state index contributed by atoms with van der Waals surface area (Å²) in [6.07, 6.45) is 2.40. The molecule has 696 valence electrons. The molecule has 0 bridgehead atoms. The smallest absolute Gasteiger partial charge is 0.305 e. The third kappa shape index (κ3) is 29.8. The predicted octanol–water partition coefficient (Wildman–Crippen LogP) is 1.25. The molecule has 15 amide bonds. The molecule has 1 aliphatic heterocycles. The number of H-pyrrole nitrogens is 2. The maximum absolute atomic E-state index is 15.5. The predicted molar refractivity (Wildman–Crippen MR) is 485 cm³/mol. The molecule has 8 aromatic rings. The van der Waals surface area contributed by atoms with Crippen LogP contribution in [0.2, 0.25) is 0 Å². The molecule has 1 aliphatic rings. The Morgan fingerprint density at radius 2 is 0.931 bits per heavy atom. The van der Waals surface area contributed by atoms with Crippen molar-refractivity contribution in [2.24, 2.45) is 11.7 Å². The summed E-state index contributed by atoms with van der Waals surface area (Å²) < 4.78 is 0. The minimum atomic E-state index is -1.91. The second-order valence-corrected chi connectivity index (χ2v) is 33.7. The van der Waals surface area contributed by atoms with E-state index in [1.54, 1.807) is 135 Å². The highest BCUT2D eigenvalue weighted by Crippen LogP contribution is 2.25. The van der Waals surface area contributed by atoms with Gasteiger partial charge < -0.3 is 103 Å². The Hall–Kier alpha value is -14.5. The van der Waals surface area contributed by atoms with E-state index in [1.807, 2.05) is 6.92 Å². The van der Waals surface area contributed by atoms with Gasteiger partial charge in [0.2, 0.25) is 88.6 Å². The van der Waals surface area contributed by atoms with Crippen LogP contribution in [0.4, 0.5) is 0 Å². The number of hydrogen-bond donors (Lipinski definition) is 15. The number of aliphatic carboxylic acids is 1. The molecule has 0 aliphatic carbocycles. The number of unbranched alkanes of at least 4 members (excludes halogenated alkanes) is 1. The maximum atomic E-state index is 15.5. The number of likely N-dealkylation sites (N-methyl/N-ethyl adjacent to an activating group) is 5. The van der Waals surface area contributed by atoms with Gasteiger partial charge in [0.05, 0.1) is 43.8 Å². The number of rotatable bonds is 23. The lowest BCUT2D eigenvalue weighted by molar-refractivity contribution is -0.151. The van der Waals surface area contributed by atoms with E-state index in [0.717, 1.165) is 36.3 Å². The normalized spacial score (nSPS) is 21.7. The standard InChI is InChI=1S/C93H114N18O19S/c1-9-10-30-74-91(128)108(5)51-79(116)100-70(46-81(118)119)87(124)106-82(55(2)3)93(130)110(7)75(42-57-24-16-12-17-25-57)88(125)104-71(41-60-33-37-64(113)38-34-60)89(126)107(4)50-78(115)99-68(44-61-47-96-66-29-21-20-28-65(61)66)85(122)102-67(39-59-31-35-63(112)36-32-59)84(121)103-69(45-62-48-95-54-98-62)86(123)105-73(83(120)97-49-77(94)114)52-131-53-80(117)101-72(40-56-22-14-11-15-23-56)90(127)111(8)76(92(129)109(74)6)43-58-26-18-13-19-27-58/h11-29,31-38,47-48,54-55,67-76,82,96,112-113H,9-10,30,39-46,49-53H2,1-8H3,(H2,94,114)(H,95,98)(H,97,120)(H,99,115)(H,100,116)(H,101,117)(H,102,122)(H,103,121)(H,104,125)(H,105,123)(H,106,124)(H,118,119)/t67-,68-,69-,70-,71-,72-,73-,74-,75-,76-,82-/m0/s1. The number of para-hydroxylation sites is 1. The van der Waals surface area contributed by atoms with E-state index >= 15 is 43.2 Å². The van der Waals surface area contributed by atoms with E-state index in [2.05, 4.69) is 62.8 Å². The van der Waals surface area contributed by atoms with Crippen LogP contribution in [0.3, 0.4) is 0 Å². The third-order valence-electron chi connectivity index (χ3n) is 22.3. The molecule has 0 saturated carbocycles. The van der Waals surface area contributed by atoms with E-state index in [9.17, 15) is 48.9 Å². The summed E-state index contributed by atoms with van der Waals surface area (Å²) in [4.78, 5) is 251. The van der Waals surface area contributed by atoms with Crippen molar-refractivity contribution in [1.29, 1.82) is 0 Å². The van der Waals surface area contributed by atoms with Crippen LogP contribution in [0.1, 0.15) is 85.5 Å². The van der Waals surface area contributed by atoms with Gasteiger partial charge in [-0.05, 0) is 76.1 Å². The van der Waals surface area contributed by atoms with Crippen LogP contribution in [-0.2, 0) is 122 Å². The number of amides is 15. The lowest BCUT2D eigenvalue weighted by atomic mass is 9.98. The van der Waals surface area contributed by atoms with Crippen LogP contribution in [0, 0.1) is 5.92 Å². The first-order valence-electron chi connectivity index (χ1n) is 42.8. The topological polar surface area (TPSA) is 529 Å². The van der Waals surface area contributed by atoms with Gasteiger partial charge in [-0.2, -0.15) is 0 Å². The van der Waals surface area contributed by atoms with Crippen LogP contribution in [0.25, 0.3) is 10.9 Å². The fourth-order valence-corrected chi connectivity index (χ4v) is 15.9. The highest BCUT2D eigenvalue weighted by atomic mass is 32.2. The van der Waals surface area contributed by atoms with Gasteiger partial charge in [0.25, 0.3) is 0 Å². The van der Waals surface area contributed by atoms with Gasteiger partial charge >= 0.3 is 5.97 Å². The van der Waals surface area contributed by atoms with Gasteiger partial charge in [0.1, 0.15) is 78.0 Å². The summed E-state index contributed by atoms with van der Waals surface area (Å²) >= 11 is 0.803. The van der Waals surface area contributed by atoms with Gasteiger partial charge in [-0.3, -0.25) is 76.7 Å². The number of thioether (sulfide) groups is 1. The molecule has 37 nitrogen and oxygen atoms in total. The number of phenolic OH excluding ortho intramolecular Hbond substituents is 2. The zero-order valence-corrected chi connectivity index (χ0v) is 74.9. The van der Waals surface area contributed by atoms with Gasteiger partial charge in [0.15, 0.2) is 0 Å². The Kier molecular flexibility index (Phi) is 37.2. The number of carboxylic acid groups (broad SMARTS) is 1. The first-order chi connectivity index (χ1) is 62.5. The molecule has 1 saturated heterocycles. The van der Waals surface area contributed by atoms with Crippen molar-refractivity contribution in [2.75, 3.05) is 66.4 Å². The summed E-state index contributed by atoms with van der Waals surface area (Å²) in [7, 11) is 6.51. The number of carboxylic acids is 1. The Balaban J connectivity index is 1.12.